The molecule has 0 saturated heterocycles. The second kappa shape index (κ2) is 8.31. The normalized spacial score (nSPS) is 9.33. The Balaban J connectivity index is -0.000000405. The van der Waals surface area contributed by atoms with Crippen LogP contribution in [0.25, 0.3) is 0 Å². The molecule has 8 heteroatoms. The number of hydrogen-bond donors (Lipinski definition) is 1. The van der Waals surface area contributed by atoms with Gasteiger partial charge in [0.2, 0.25) is 0 Å². The monoisotopic (exact) mass is 372 g/mol. The zero-order chi connectivity index (χ0) is 8.20. The van der Waals surface area contributed by atoms with E-state index in [0.29, 0.717) is 0 Å². The van der Waals surface area contributed by atoms with Gasteiger partial charge in [0, 0.05) is 44.8 Å². The fraction of sp³-hybridized carbons (Fsp3) is 0.750. The quantitative estimate of drug-likeness (QED) is 0.551. The summed E-state index contributed by atoms with van der Waals surface area (Å²) in [5.41, 5.74) is 0. The summed E-state index contributed by atoms with van der Waals surface area (Å²) in [6, 6.07) is 0. The molecule has 12 heavy (non-hydrogen) atoms. The maximum Gasteiger partial charge on any atom is 0.490 e. The third kappa shape index (κ3) is 8.79. The van der Waals surface area contributed by atoms with Crippen LogP contribution >= 0.6 is 0 Å². The molecule has 0 amide bonds. The predicted octanol–water partition coefficient (Wildman–Crippen LogP) is 0.0792. The molecular formula is C4H5Ag2F3O3. The Morgan fingerprint density at radius 3 is 2.00 bits per heavy atom. The molecule has 0 bridgehead atoms. The summed E-state index contributed by atoms with van der Waals surface area (Å²) < 4.78 is 37.2. The maximum atomic E-state index is 11.2. The molecule has 82 valence electrons. The standard InChI is InChI=1S/C4H5F3O3.2Ag/c5-4(6,7)3(9)10-2-1-8;;/h8H,1-2H2;;. The van der Waals surface area contributed by atoms with E-state index in [1.165, 1.54) is 0 Å². The van der Waals surface area contributed by atoms with Crippen LogP contribution in [0.1, 0.15) is 0 Å². The topological polar surface area (TPSA) is 46.5 Å². The molecule has 0 heterocycles. The molecule has 0 aliphatic rings. The smallest absolute Gasteiger partial charge is 0.457 e. The number of aliphatic hydroxyl groups is 1. The van der Waals surface area contributed by atoms with Crippen LogP contribution in [0.4, 0.5) is 13.2 Å². The van der Waals surface area contributed by atoms with Gasteiger partial charge in [0.1, 0.15) is 6.61 Å². The summed E-state index contributed by atoms with van der Waals surface area (Å²) in [6.45, 7) is -1.24. The van der Waals surface area contributed by atoms with Crippen molar-refractivity contribution >= 4 is 5.97 Å². The number of rotatable bonds is 2. The zero-order valence-corrected chi connectivity index (χ0v) is 8.38. The van der Waals surface area contributed by atoms with Crippen molar-refractivity contribution in [3.05, 3.63) is 0 Å². The number of carbonyl (C=O) groups excluding carboxylic acids is 1. The Hall–Kier alpha value is 0.701. The first-order valence-electron chi connectivity index (χ1n) is 2.33. The van der Waals surface area contributed by atoms with Gasteiger partial charge < -0.3 is 9.84 Å². The van der Waals surface area contributed by atoms with Crippen molar-refractivity contribution in [3.63, 3.8) is 0 Å². The number of esters is 1. The molecule has 0 aliphatic heterocycles. The van der Waals surface area contributed by atoms with E-state index in [-0.39, 0.29) is 44.8 Å². The van der Waals surface area contributed by atoms with E-state index >= 15 is 0 Å². The van der Waals surface area contributed by atoms with Gasteiger partial charge >= 0.3 is 12.1 Å². The Labute approximate surface area is 97.7 Å². The molecule has 0 saturated carbocycles. The summed E-state index contributed by atoms with van der Waals surface area (Å²) in [5.74, 6) is -2.28. The molecule has 0 unspecified atom stereocenters. The van der Waals surface area contributed by atoms with E-state index in [4.69, 9.17) is 5.11 Å². The van der Waals surface area contributed by atoms with E-state index in [1.807, 2.05) is 0 Å². The molecular weight excluding hydrogens is 369 g/mol. The largest absolute Gasteiger partial charge is 0.490 e. The summed E-state index contributed by atoms with van der Waals surface area (Å²) >= 11 is 0. The number of hydrogen-bond acceptors (Lipinski definition) is 3. The molecule has 0 aromatic heterocycles. The second-order valence-electron chi connectivity index (χ2n) is 1.36. The van der Waals surface area contributed by atoms with Crippen molar-refractivity contribution in [3.8, 4) is 0 Å². The Morgan fingerprint density at radius 2 is 1.75 bits per heavy atom. The van der Waals surface area contributed by atoms with Crippen molar-refractivity contribution in [1.29, 1.82) is 0 Å². The molecule has 2 radical (unpaired) electrons. The third-order valence-electron chi connectivity index (χ3n) is 0.556. The first-order chi connectivity index (χ1) is 4.48. The fourth-order valence-corrected chi connectivity index (χ4v) is 0.220. The van der Waals surface area contributed by atoms with Crippen LogP contribution in [0.5, 0.6) is 0 Å². The van der Waals surface area contributed by atoms with Gasteiger partial charge in [0.05, 0.1) is 6.61 Å². The van der Waals surface area contributed by atoms with Crippen LogP contribution < -0.4 is 0 Å². The van der Waals surface area contributed by atoms with Gasteiger partial charge in [0.25, 0.3) is 0 Å². The number of carbonyl (C=O) groups is 1. The van der Waals surface area contributed by atoms with Gasteiger partial charge in [-0.05, 0) is 0 Å². The molecule has 0 atom stereocenters. The van der Waals surface area contributed by atoms with Gasteiger partial charge in [-0.1, -0.05) is 0 Å². The summed E-state index contributed by atoms with van der Waals surface area (Å²) in [4.78, 5) is 9.77. The van der Waals surface area contributed by atoms with Crippen molar-refractivity contribution in [2.45, 2.75) is 6.18 Å². The van der Waals surface area contributed by atoms with Crippen molar-refractivity contribution in [2.24, 2.45) is 0 Å². The molecule has 1 N–H and O–H groups in total. The Morgan fingerprint density at radius 1 is 1.33 bits per heavy atom. The van der Waals surface area contributed by atoms with E-state index in [2.05, 4.69) is 4.74 Å². The number of alkyl halides is 3. The molecule has 0 fully saturated rings. The summed E-state index contributed by atoms with van der Waals surface area (Å²) in [7, 11) is 0. The average molecular weight is 374 g/mol. The Bertz CT molecular complexity index is 127. The first kappa shape index (κ1) is 18.5. The average Bonchev–Trinajstić information content (AvgIpc) is 1.80. The van der Waals surface area contributed by atoms with Crippen molar-refractivity contribution in [1.82, 2.24) is 0 Å². The number of aliphatic hydroxyl groups excluding tert-OH is 1. The predicted molar refractivity (Wildman–Crippen MR) is 24.1 cm³/mol. The molecule has 3 nitrogen and oxygen atoms in total. The number of halogens is 3. The van der Waals surface area contributed by atoms with E-state index in [9.17, 15) is 18.0 Å². The fourth-order valence-electron chi connectivity index (χ4n) is 0.220. The molecule has 0 aromatic carbocycles. The molecule has 0 spiro atoms. The van der Waals surface area contributed by atoms with Gasteiger partial charge in [-0.3, -0.25) is 0 Å². The van der Waals surface area contributed by atoms with Gasteiger partial charge in [-0.2, -0.15) is 13.2 Å². The molecule has 0 aromatic rings. The van der Waals surface area contributed by atoms with Crippen LogP contribution in [-0.2, 0) is 54.3 Å². The molecule has 0 aliphatic carbocycles. The van der Waals surface area contributed by atoms with Gasteiger partial charge in [0.15, 0.2) is 0 Å². The SMILES string of the molecule is O=C(OCCO)C(F)(F)F.[Ag].[Ag]. The van der Waals surface area contributed by atoms with Crippen molar-refractivity contribution < 1.29 is 72.6 Å². The minimum Gasteiger partial charge on any atom is -0.457 e. The summed E-state index contributed by atoms with van der Waals surface area (Å²) in [5, 5.41) is 7.94. The van der Waals surface area contributed by atoms with E-state index < -0.39 is 25.4 Å². The van der Waals surface area contributed by atoms with Gasteiger partial charge in [-0.25, -0.2) is 4.79 Å². The van der Waals surface area contributed by atoms with Crippen LogP contribution in [0.15, 0.2) is 0 Å². The Kier molecular flexibility index (Phi) is 12.8. The molecule has 0 rings (SSSR count). The number of ether oxygens (including phenoxy) is 1. The minimum absolute atomic E-state index is 0. The van der Waals surface area contributed by atoms with Crippen LogP contribution in [0.3, 0.4) is 0 Å². The van der Waals surface area contributed by atoms with Crippen molar-refractivity contribution in [2.75, 3.05) is 13.2 Å². The summed E-state index contributed by atoms with van der Waals surface area (Å²) in [6.07, 6.45) is -4.96. The van der Waals surface area contributed by atoms with Crippen LogP contribution in [0, 0.1) is 0 Å². The first-order valence-corrected chi connectivity index (χ1v) is 2.33. The maximum absolute atomic E-state index is 11.2. The van der Waals surface area contributed by atoms with E-state index in [0.717, 1.165) is 0 Å². The second-order valence-corrected chi connectivity index (χ2v) is 1.36. The van der Waals surface area contributed by atoms with Gasteiger partial charge in [-0.15, -0.1) is 0 Å². The van der Waals surface area contributed by atoms with Crippen LogP contribution in [0.2, 0.25) is 0 Å². The van der Waals surface area contributed by atoms with Crippen LogP contribution in [-0.4, -0.2) is 30.5 Å². The van der Waals surface area contributed by atoms with E-state index in [1.54, 1.807) is 0 Å². The zero-order valence-electron chi connectivity index (χ0n) is 5.41. The minimum atomic E-state index is -4.96. The third-order valence-corrected chi connectivity index (χ3v) is 0.556.